The van der Waals surface area contributed by atoms with Gasteiger partial charge in [0.15, 0.2) is 0 Å². The molecule has 0 N–H and O–H groups in total. The number of pyridine rings is 1. The summed E-state index contributed by atoms with van der Waals surface area (Å²) in [4.78, 5) is 14.5. The van der Waals surface area contributed by atoms with E-state index in [1.165, 1.54) is 0 Å². The van der Waals surface area contributed by atoms with Crippen LogP contribution in [0.3, 0.4) is 0 Å². The summed E-state index contributed by atoms with van der Waals surface area (Å²) in [7, 11) is 0. The Kier molecular flexibility index (Phi) is 4.33. The minimum absolute atomic E-state index is 0.348. The Bertz CT molecular complexity index is 575. The van der Waals surface area contributed by atoms with Gasteiger partial charge in [0.05, 0.1) is 9.50 Å². The molecule has 0 fully saturated rings. The van der Waals surface area contributed by atoms with Crippen molar-refractivity contribution in [1.82, 2.24) is 4.98 Å². The summed E-state index contributed by atoms with van der Waals surface area (Å²) in [6.45, 7) is 0.348. The van der Waals surface area contributed by atoms with Gasteiger partial charge in [-0.15, -0.1) is 0 Å². The Hall–Kier alpha value is -1.39. The van der Waals surface area contributed by atoms with Gasteiger partial charge in [0.2, 0.25) is 0 Å². The minimum atomic E-state index is 0.348. The van der Waals surface area contributed by atoms with Crippen molar-refractivity contribution in [3.63, 3.8) is 0 Å². The number of hydrogen-bond acceptors (Lipinski definition) is 3. The van der Waals surface area contributed by atoms with Crippen LogP contribution in [0.25, 0.3) is 0 Å². The topological polar surface area (TPSA) is 39.2 Å². The molecule has 0 atom stereocenters. The molecule has 0 aliphatic carbocycles. The van der Waals surface area contributed by atoms with Gasteiger partial charge in [-0.3, -0.25) is 9.78 Å². The molecule has 0 saturated heterocycles. The molecule has 1 aromatic carbocycles. The second kappa shape index (κ2) is 5.98. The number of carbonyl (C=O) groups excluding carboxylic acids is 1. The quantitative estimate of drug-likeness (QED) is 0.800. The first-order valence-electron chi connectivity index (χ1n) is 5.16. The second-order valence-electron chi connectivity index (χ2n) is 3.56. The van der Waals surface area contributed by atoms with E-state index in [-0.39, 0.29) is 0 Å². The molecule has 0 radical (unpaired) electrons. The summed E-state index contributed by atoms with van der Waals surface area (Å²) < 4.78 is 6.36. The number of ether oxygens (including phenoxy) is 1. The third kappa shape index (κ3) is 3.09. The zero-order valence-corrected chi connectivity index (χ0v) is 11.6. The number of halogens is 2. The first-order chi connectivity index (χ1) is 8.70. The summed E-state index contributed by atoms with van der Waals surface area (Å²) in [5.74, 6) is 0.661. The fraction of sp³-hybridized carbons (Fsp3) is 0.0769. The number of hydrogen-bond donors (Lipinski definition) is 0. The lowest BCUT2D eigenvalue weighted by Gasteiger charge is -2.09. The predicted molar refractivity (Wildman–Crippen MR) is 73.1 cm³/mol. The third-order valence-electron chi connectivity index (χ3n) is 2.33. The van der Waals surface area contributed by atoms with Crippen molar-refractivity contribution in [1.29, 1.82) is 0 Å². The fourth-order valence-corrected chi connectivity index (χ4v) is 2.07. The van der Waals surface area contributed by atoms with Gasteiger partial charge in [-0.25, -0.2) is 0 Å². The van der Waals surface area contributed by atoms with Crippen LogP contribution in [0.4, 0.5) is 0 Å². The van der Waals surface area contributed by atoms with E-state index < -0.39 is 0 Å². The van der Waals surface area contributed by atoms with Crippen LogP contribution in [-0.2, 0) is 6.61 Å². The fourth-order valence-electron chi connectivity index (χ4n) is 1.38. The zero-order valence-electron chi connectivity index (χ0n) is 9.27. The van der Waals surface area contributed by atoms with Crippen LogP contribution < -0.4 is 4.74 Å². The maximum Gasteiger partial charge on any atom is 0.150 e. The lowest BCUT2D eigenvalue weighted by molar-refractivity contribution is 0.112. The van der Waals surface area contributed by atoms with E-state index >= 15 is 0 Å². The molecule has 0 spiro atoms. The molecule has 0 unspecified atom stereocenters. The number of carbonyl (C=O) groups is 1. The molecule has 0 aliphatic rings. The highest BCUT2D eigenvalue weighted by molar-refractivity contribution is 9.10. The molecule has 0 aliphatic heterocycles. The van der Waals surface area contributed by atoms with E-state index in [0.717, 1.165) is 16.3 Å². The molecule has 0 amide bonds. The Morgan fingerprint density at radius 2 is 2.22 bits per heavy atom. The van der Waals surface area contributed by atoms with Gasteiger partial charge in [-0.1, -0.05) is 11.6 Å². The SMILES string of the molecule is O=Cc1ccc(OCc2ccncc2Cl)c(Br)c1. The first-order valence-corrected chi connectivity index (χ1v) is 6.33. The molecule has 3 nitrogen and oxygen atoms in total. The van der Waals surface area contributed by atoms with Gasteiger partial charge in [0, 0.05) is 23.5 Å². The monoisotopic (exact) mass is 325 g/mol. The molecule has 92 valence electrons. The summed E-state index contributed by atoms with van der Waals surface area (Å²) in [5, 5.41) is 0.568. The number of benzene rings is 1. The number of aldehydes is 1. The van der Waals surface area contributed by atoms with Crippen molar-refractivity contribution in [3.8, 4) is 5.75 Å². The molecular formula is C13H9BrClNO2. The number of nitrogens with zero attached hydrogens (tertiary/aromatic N) is 1. The highest BCUT2D eigenvalue weighted by atomic mass is 79.9. The van der Waals surface area contributed by atoms with Gasteiger partial charge in [-0.2, -0.15) is 0 Å². The van der Waals surface area contributed by atoms with Crippen LogP contribution in [0.2, 0.25) is 5.02 Å². The van der Waals surface area contributed by atoms with Crippen LogP contribution in [-0.4, -0.2) is 11.3 Å². The molecule has 5 heteroatoms. The van der Waals surface area contributed by atoms with Gasteiger partial charge < -0.3 is 4.74 Å². The molecule has 0 bridgehead atoms. The summed E-state index contributed by atoms with van der Waals surface area (Å²) in [5.41, 5.74) is 1.45. The van der Waals surface area contributed by atoms with Gasteiger partial charge >= 0.3 is 0 Å². The maximum atomic E-state index is 10.6. The maximum absolute atomic E-state index is 10.6. The standard InChI is InChI=1S/C13H9BrClNO2/c14-11-5-9(7-17)1-2-13(11)18-8-10-3-4-16-6-12(10)15/h1-7H,8H2. The lowest BCUT2D eigenvalue weighted by Crippen LogP contribution is -1.97. The predicted octanol–water partition coefficient (Wildman–Crippen LogP) is 3.89. The summed E-state index contributed by atoms with van der Waals surface area (Å²) in [6.07, 6.45) is 4.02. The molecule has 18 heavy (non-hydrogen) atoms. The van der Waals surface area contributed by atoms with Gasteiger partial charge in [0.25, 0.3) is 0 Å². The van der Waals surface area contributed by atoms with Crippen LogP contribution in [0, 0.1) is 0 Å². The van der Waals surface area contributed by atoms with E-state index in [2.05, 4.69) is 20.9 Å². The van der Waals surface area contributed by atoms with Crippen molar-refractivity contribution in [2.75, 3.05) is 0 Å². The van der Waals surface area contributed by atoms with Crippen molar-refractivity contribution in [2.45, 2.75) is 6.61 Å². The van der Waals surface area contributed by atoms with E-state index in [4.69, 9.17) is 16.3 Å². The number of aromatic nitrogens is 1. The van der Waals surface area contributed by atoms with Crippen LogP contribution in [0.1, 0.15) is 15.9 Å². The molecule has 1 heterocycles. The average molecular weight is 327 g/mol. The van der Waals surface area contributed by atoms with E-state index in [9.17, 15) is 4.79 Å². The Labute approximate surface area is 118 Å². The molecule has 2 aromatic rings. The zero-order chi connectivity index (χ0) is 13.0. The van der Waals surface area contributed by atoms with Crippen LogP contribution in [0.15, 0.2) is 41.1 Å². The highest BCUT2D eigenvalue weighted by Gasteiger charge is 2.05. The molecular weight excluding hydrogens is 318 g/mol. The van der Waals surface area contributed by atoms with E-state index in [0.29, 0.717) is 22.9 Å². The van der Waals surface area contributed by atoms with Crippen molar-refractivity contribution < 1.29 is 9.53 Å². The Morgan fingerprint density at radius 3 is 2.89 bits per heavy atom. The summed E-state index contributed by atoms with van der Waals surface area (Å²) >= 11 is 9.33. The normalized spacial score (nSPS) is 10.1. The minimum Gasteiger partial charge on any atom is -0.488 e. The van der Waals surface area contributed by atoms with Crippen LogP contribution >= 0.6 is 27.5 Å². The van der Waals surface area contributed by atoms with Gasteiger partial charge in [0.1, 0.15) is 18.6 Å². The van der Waals surface area contributed by atoms with E-state index in [1.54, 1.807) is 36.7 Å². The van der Waals surface area contributed by atoms with Crippen molar-refractivity contribution in [2.24, 2.45) is 0 Å². The molecule has 2 rings (SSSR count). The lowest BCUT2D eigenvalue weighted by atomic mass is 10.2. The first kappa shape index (κ1) is 13.1. The highest BCUT2D eigenvalue weighted by Crippen LogP contribution is 2.27. The van der Waals surface area contributed by atoms with Crippen molar-refractivity contribution in [3.05, 3.63) is 57.3 Å². The number of rotatable bonds is 4. The van der Waals surface area contributed by atoms with E-state index in [1.807, 2.05) is 0 Å². The molecule has 1 aromatic heterocycles. The Balaban J connectivity index is 2.11. The largest absolute Gasteiger partial charge is 0.488 e. The van der Waals surface area contributed by atoms with Gasteiger partial charge in [-0.05, 0) is 40.2 Å². The van der Waals surface area contributed by atoms with Crippen molar-refractivity contribution >= 4 is 33.8 Å². The van der Waals surface area contributed by atoms with Crippen LogP contribution in [0.5, 0.6) is 5.75 Å². The average Bonchev–Trinajstić information content (AvgIpc) is 2.39. The molecule has 0 saturated carbocycles. The summed E-state index contributed by atoms with van der Waals surface area (Å²) in [6, 6.07) is 6.94. The third-order valence-corrected chi connectivity index (χ3v) is 3.29. The smallest absolute Gasteiger partial charge is 0.150 e. The second-order valence-corrected chi connectivity index (χ2v) is 4.83. The Morgan fingerprint density at radius 1 is 1.39 bits per heavy atom.